The van der Waals surface area contributed by atoms with Gasteiger partial charge in [-0.25, -0.2) is 4.98 Å². The van der Waals surface area contributed by atoms with Gasteiger partial charge in [0.25, 0.3) is 0 Å². The maximum Gasteiger partial charge on any atom is 0.137 e. The van der Waals surface area contributed by atoms with Crippen LogP contribution in [0.15, 0.2) is 18.5 Å². The summed E-state index contributed by atoms with van der Waals surface area (Å²) >= 11 is 6.12. The molecule has 0 saturated heterocycles. The summed E-state index contributed by atoms with van der Waals surface area (Å²) in [4.78, 5) is 7.30. The van der Waals surface area contributed by atoms with Gasteiger partial charge in [-0.15, -0.1) is 0 Å². The zero-order valence-corrected chi connectivity index (χ0v) is 10.5. The minimum Gasteiger partial charge on any atom is -0.495 e. The number of nitrogens with two attached hydrogens (primary N) is 1. The van der Waals surface area contributed by atoms with Crippen LogP contribution in [0.3, 0.4) is 0 Å². The van der Waals surface area contributed by atoms with Crippen molar-refractivity contribution in [2.75, 3.05) is 7.11 Å². The first kappa shape index (κ1) is 12.0. The molecule has 3 N–H and O–H groups in total. The Morgan fingerprint density at radius 2 is 2.24 bits per heavy atom. The maximum absolute atomic E-state index is 6.12. The SMILES string of the molecule is COc1cc(C)c(-c2nc[nH]c2CN)cc1Cl. The van der Waals surface area contributed by atoms with E-state index in [-0.39, 0.29) is 0 Å². The average Bonchev–Trinajstić information content (AvgIpc) is 2.79. The Hall–Kier alpha value is -1.52. The Balaban J connectivity index is 2.56. The lowest BCUT2D eigenvalue weighted by molar-refractivity contribution is 0.415. The van der Waals surface area contributed by atoms with E-state index in [1.807, 2.05) is 19.1 Å². The smallest absolute Gasteiger partial charge is 0.137 e. The molecule has 1 aromatic heterocycles. The summed E-state index contributed by atoms with van der Waals surface area (Å²) in [5.74, 6) is 0.665. The Morgan fingerprint density at radius 3 is 2.88 bits per heavy atom. The standard InChI is InChI=1S/C12H14ClN3O/c1-7-3-11(17-2)9(13)4-8(7)12-10(5-14)15-6-16-12/h3-4,6H,5,14H2,1-2H3,(H,15,16). The molecule has 0 aliphatic carbocycles. The minimum absolute atomic E-state index is 0.415. The van der Waals surface area contributed by atoms with E-state index in [1.54, 1.807) is 13.4 Å². The second-order valence-corrected chi connectivity index (χ2v) is 4.14. The minimum atomic E-state index is 0.415. The van der Waals surface area contributed by atoms with Crippen molar-refractivity contribution < 1.29 is 4.74 Å². The van der Waals surface area contributed by atoms with Crippen LogP contribution in [0.25, 0.3) is 11.3 Å². The summed E-state index contributed by atoms with van der Waals surface area (Å²) in [7, 11) is 1.60. The van der Waals surface area contributed by atoms with Gasteiger partial charge in [0.1, 0.15) is 5.75 Å². The third-order valence-corrected chi connectivity index (χ3v) is 2.97. The number of H-pyrrole nitrogens is 1. The third kappa shape index (κ3) is 2.14. The highest BCUT2D eigenvalue weighted by Gasteiger charge is 2.12. The van der Waals surface area contributed by atoms with E-state index in [2.05, 4.69) is 9.97 Å². The number of aromatic amines is 1. The van der Waals surface area contributed by atoms with Crippen molar-refractivity contribution in [2.24, 2.45) is 5.73 Å². The van der Waals surface area contributed by atoms with Gasteiger partial charge >= 0.3 is 0 Å². The van der Waals surface area contributed by atoms with E-state index in [4.69, 9.17) is 22.1 Å². The summed E-state index contributed by atoms with van der Waals surface area (Å²) in [6.45, 7) is 2.40. The van der Waals surface area contributed by atoms with Gasteiger partial charge in [-0.2, -0.15) is 0 Å². The molecule has 1 heterocycles. The fourth-order valence-corrected chi connectivity index (χ4v) is 2.02. The molecule has 0 atom stereocenters. The first-order valence-electron chi connectivity index (χ1n) is 5.24. The Kier molecular flexibility index (Phi) is 3.36. The lowest BCUT2D eigenvalue weighted by Crippen LogP contribution is -1.99. The third-order valence-electron chi connectivity index (χ3n) is 2.68. The number of rotatable bonds is 3. The number of hydrogen-bond donors (Lipinski definition) is 2. The zero-order chi connectivity index (χ0) is 12.4. The second kappa shape index (κ2) is 4.77. The lowest BCUT2D eigenvalue weighted by Gasteiger charge is -2.09. The Labute approximate surface area is 105 Å². The quantitative estimate of drug-likeness (QED) is 0.881. The molecular formula is C12H14ClN3O. The highest BCUT2D eigenvalue weighted by molar-refractivity contribution is 6.32. The van der Waals surface area contributed by atoms with E-state index < -0.39 is 0 Å². The fourth-order valence-electron chi connectivity index (χ4n) is 1.78. The van der Waals surface area contributed by atoms with Gasteiger partial charge in [-0.1, -0.05) is 11.6 Å². The Morgan fingerprint density at radius 1 is 1.47 bits per heavy atom. The maximum atomic E-state index is 6.12. The molecule has 17 heavy (non-hydrogen) atoms. The lowest BCUT2D eigenvalue weighted by atomic mass is 10.0. The van der Waals surface area contributed by atoms with Crippen LogP contribution in [0, 0.1) is 6.92 Å². The molecule has 90 valence electrons. The summed E-state index contributed by atoms with van der Waals surface area (Å²) in [6, 6.07) is 3.75. The van der Waals surface area contributed by atoms with Crippen LogP contribution < -0.4 is 10.5 Å². The van der Waals surface area contributed by atoms with Crippen LogP contribution in [0.1, 0.15) is 11.3 Å². The van der Waals surface area contributed by atoms with Crippen LogP contribution in [0.2, 0.25) is 5.02 Å². The van der Waals surface area contributed by atoms with Crippen LogP contribution in [0.5, 0.6) is 5.75 Å². The molecule has 0 radical (unpaired) electrons. The van der Waals surface area contributed by atoms with E-state index in [0.29, 0.717) is 17.3 Å². The number of aryl methyl sites for hydroxylation is 1. The predicted molar refractivity (Wildman–Crippen MR) is 68.2 cm³/mol. The molecule has 0 amide bonds. The number of halogens is 1. The molecule has 4 nitrogen and oxygen atoms in total. The molecule has 0 unspecified atom stereocenters. The van der Waals surface area contributed by atoms with Crippen LogP contribution in [0.4, 0.5) is 0 Å². The number of nitrogens with zero attached hydrogens (tertiary/aromatic N) is 1. The van der Waals surface area contributed by atoms with Crippen molar-refractivity contribution in [3.8, 4) is 17.0 Å². The fraction of sp³-hybridized carbons (Fsp3) is 0.250. The first-order valence-corrected chi connectivity index (χ1v) is 5.62. The number of benzene rings is 1. The first-order chi connectivity index (χ1) is 8.17. The van der Waals surface area contributed by atoms with Crippen LogP contribution >= 0.6 is 11.6 Å². The van der Waals surface area contributed by atoms with Gasteiger partial charge in [0.15, 0.2) is 0 Å². The van der Waals surface area contributed by atoms with Gasteiger partial charge in [-0.05, 0) is 24.6 Å². The number of hydrogen-bond acceptors (Lipinski definition) is 3. The van der Waals surface area contributed by atoms with E-state index >= 15 is 0 Å². The molecule has 0 aliphatic heterocycles. The summed E-state index contributed by atoms with van der Waals surface area (Å²) in [6.07, 6.45) is 1.63. The van der Waals surface area contributed by atoms with E-state index in [0.717, 1.165) is 22.5 Å². The monoisotopic (exact) mass is 251 g/mol. The molecular weight excluding hydrogens is 238 g/mol. The van der Waals surface area contributed by atoms with Gasteiger partial charge in [0.05, 0.1) is 29.8 Å². The van der Waals surface area contributed by atoms with Crippen molar-refractivity contribution in [1.29, 1.82) is 0 Å². The van der Waals surface area contributed by atoms with Gasteiger partial charge < -0.3 is 15.5 Å². The predicted octanol–water partition coefficient (Wildman–Crippen LogP) is 2.51. The van der Waals surface area contributed by atoms with Crippen molar-refractivity contribution in [2.45, 2.75) is 13.5 Å². The number of imidazole rings is 1. The molecule has 0 fully saturated rings. The topological polar surface area (TPSA) is 63.9 Å². The van der Waals surface area contributed by atoms with Crippen LogP contribution in [-0.2, 0) is 6.54 Å². The molecule has 0 spiro atoms. The molecule has 5 heteroatoms. The van der Waals surface area contributed by atoms with Crippen molar-refractivity contribution >= 4 is 11.6 Å². The molecule has 1 aromatic carbocycles. The summed E-state index contributed by atoms with van der Waals surface area (Å²) < 4.78 is 5.17. The van der Waals surface area contributed by atoms with Crippen molar-refractivity contribution in [3.05, 3.63) is 34.7 Å². The summed E-state index contributed by atoms with van der Waals surface area (Å²) in [5, 5.41) is 0.569. The number of nitrogens with one attached hydrogen (secondary N) is 1. The molecule has 0 bridgehead atoms. The van der Waals surface area contributed by atoms with Crippen molar-refractivity contribution in [3.63, 3.8) is 0 Å². The summed E-state index contributed by atoms with van der Waals surface area (Å²) in [5.41, 5.74) is 9.41. The molecule has 0 saturated carbocycles. The van der Waals surface area contributed by atoms with E-state index in [1.165, 1.54) is 0 Å². The largest absolute Gasteiger partial charge is 0.495 e. The number of methoxy groups -OCH3 is 1. The number of ether oxygens (including phenoxy) is 1. The average molecular weight is 252 g/mol. The van der Waals surface area contributed by atoms with Crippen LogP contribution in [-0.4, -0.2) is 17.1 Å². The van der Waals surface area contributed by atoms with Gasteiger partial charge in [0.2, 0.25) is 0 Å². The molecule has 2 aromatic rings. The normalized spacial score (nSPS) is 10.6. The van der Waals surface area contributed by atoms with E-state index in [9.17, 15) is 0 Å². The van der Waals surface area contributed by atoms with Gasteiger partial charge in [-0.3, -0.25) is 0 Å². The zero-order valence-electron chi connectivity index (χ0n) is 9.75. The molecule has 2 rings (SSSR count). The highest BCUT2D eigenvalue weighted by Crippen LogP contribution is 2.33. The molecule has 0 aliphatic rings. The Bertz CT molecular complexity index is 537. The van der Waals surface area contributed by atoms with Gasteiger partial charge in [0, 0.05) is 12.1 Å². The van der Waals surface area contributed by atoms with Crippen molar-refractivity contribution in [1.82, 2.24) is 9.97 Å². The highest BCUT2D eigenvalue weighted by atomic mass is 35.5. The second-order valence-electron chi connectivity index (χ2n) is 3.74. The number of aromatic nitrogens is 2.